The minimum absolute atomic E-state index is 0.0674. The molecule has 2 aliphatic heterocycles. The quantitative estimate of drug-likeness (QED) is 0.495. The Bertz CT molecular complexity index is 1200. The van der Waals surface area contributed by atoms with Crippen LogP contribution < -0.4 is 0 Å². The second-order valence-corrected chi connectivity index (χ2v) is 8.63. The summed E-state index contributed by atoms with van der Waals surface area (Å²) in [6, 6.07) is 14.0. The number of carbonyl (C=O) groups excluding carboxylic acids is 3. The fourth-order valence-electron chi connectivity index (χ4n) is 4.25. The lowest BCUT2D eigenvalue weighted by molar-refractivity contribution is -0.133. The second-order valence-electron chi connectivity index (χ2n) is 8.20. The van der Waals surface area contributed by atoms with Crippen LogP contribution in [0.2, 0.25) is 5.02 Å². The molecule has 0 N–H and O–H groups in total. The number of fused-ring (bicyclic) bond motifs is 1. The van der Waals surface area contributed by atoms with Gasteiger partial charge in [-0.2, -0.15) is 4.68 Å². The first-order chi connectivity index (χ1) is 16.5. The van der Waals surface area contributed by atoms with Crippen molar-refractivity contribution in [1.29, 1.82) is 0 Å². The Kier molecular flexibility index (Phi) is 6.08. The van der Waals surface area contributed by atoms with Gasteiger partial charge in [0, 0.05) is 44.2 Å². The highest BCUT2D eigenvalue weighted by Crippen LogP contribution is 2.22. The summed E-state index contributed by atoms with van der Waals surface area (Å²) in [5.74, 6) is -0.0387. The van der Waals surface area contributed by atoms with Gasteiger partial charge >= 0.3 is 0 Å². The highest BCUT2D eigenvalue weighted by molar-refractivity contribution is 6.30. The maximum atomic E-state index is 12.7. The summed E-state index contributed by atoms with van der Waals surface area (Å²) in [5, 5.41) is 12.7. The number of nitrogens with zero attached hydrogens (tertiary/aromatic N) is 7. The van der Waals surface area contributed by atoms with E-state index in [2.05, 4.69) is 20.4 Å². The summed E-state index contributed by atoms with van der Waals surface area (Å²) in [6.45, 7) is 3.10. The van der Waals surface area contributed by atoms with Gasteiger partial charge in [0.1, 0.15) is 0 Å². The summed E-state index contributed by atoms with van der Waals surface area (Å²) >= 11 is 5.97. The Hall–Kier alpha value is -3.63. The van der Waals surface area contributed by atoms with E-state index >= 15 is 0 Å². The standard InChI is InChI=1S/C23H22ClN7O3/c24-16-5-7-17(8-6-16)31-20(25-26-27-31)15-28-11-13-29(14-12-28)21(32)9-10-30-22(33)18-3-1-2-4-19(18)23(30)34/h1-8H,9-15H2. The highest BCUT2D eigenvalue weighted by atomic mass is 35.5. The van der Waals surface area contributed by atoms with Crippen LogP contribution in [0.1, 0.15) is 33.0 Å². The van der Waals surface area contributed by atoms with Gasteiger partial charge in [-0.15, -0.1) is 5.10 Å². The zero-order valence-electron chi connectivity index (χ0n) is 18.3. The van der Waals surface area contributed by atoms with E-state index in [9.17, 15) is 14.4 Å². The Morgan fingerprint density at radius 1 is 0.912 bits per heavy atom. The van der Waals surface area contributed by atoms with Crippen LogP contribution >= 0.6 is 11.6 Å². The first kappa shape index (κ1) is 22.2. The number of hydrogen-bond acceptors (Lipinski definition) is 7. The van der Waals surface area contributed by atoms with Crippen molar-refractivity contribution in [3.05, 3.63) is 70.5 Å². The number of piperazine rings is 1. The largest absolute Gasteiger partial charge is 0.340 e. The molecule has 3 amide bonds. The average molecular weight is 480 g/mol. The van der Waals surface area contributed by atoms with Crippen LogP contribution in [0.25, 0.3) is 5.69 Å². The van der Waals surface area contributed by atoms with Crippen molar-refractivity contribution >= 4 is 29.3 Å². The molecule has 0 aliphatic carbocycles. The molecule has 0 bridgehead atoms. The molecule has 2 aromatic carbocycles. The number of halogens is 1. The molecule has 0 atom stereocenters. The average Bonchev–Trinajstić information content (AvgIpc) is 3.41. The Morgan fingerprint density at radius 2 is 1.56 bits per heavy atom. The second kappa shape index (κ2) is 9.32. The predicted molar refractivity (Wildman–Crippen MR) is 122 cm³/mol. The van der Waals surface area contributed by atoms with Crippen LogP contribution in [0, 0.1) is 0 Å². The van der Waals surface area contributed by atoms with Gasteiger partial charge in [-0.3, -0.25) is 24.2 Å². The van der Waals surface area contributed by atoms with Gasteiger partial charge in [-0.25, -0.2) is 0 Å². The zero-order chi connectivity index (χ0) is 23.7. The van der Waals surface area contributed by atoms with Crippen molar-refractivity contribution in [2.75, 3.05) is 32.7 Å². The molecule has 1 fully saturated rings. The molecule has 0 spiro atoms. The number of imide groups is 1. The minimum atomic E-state index is -0.336. The van der Waals surface area contributed by atoms with E-state index in [0.717, 1.165) is 10.6 Å². The summed E-state index contributed by atoms with van der Waals surface area (Å²) in [6.07, 6.45) is 0.111. The van der Waals surface area contributed by atoms with Gasteiger partial charge in [0.05, 0.1) is 23.4 Å². The number of hydrogen-bond donors (Lipinski definition) is 0. The van der Waals surface area contributed by atoms with Crippen LogP contribution in [0.4, 0.5) is 0 Å². The van der Waals surface area contributed by atoms with Crippen molar-refractivity contribution in [2.24, 2.45) is 0 Å². The zero-order valence-corrected chi connectivity index (χ0v) is 19.1. The lowest BCUT2D eigenvalue weighted by atomic mass is 10.1. The van der Waals surface area contributed by atoms with Gasteiger partial charge in [-0.05, 0) is 46.8 Å². The lowest BCUT2D eigenvalue weighted by Gasteiger charge is -2.34. The molecule has 174 valence electrons. The molecule has 10 nitrogen and oxygen atoms in total. The smallest absolute Gasteiger partial charge is 0.261 e. The fourth-order valence-corrected chi connectivity index (χ4v) is 4.38. The monoisotopic (exact) mass is 479 g/mol. The summed E-state index contributed by atoms with van der Waals surface area (Å²) in [5.41, 5.74) is 1.62. The highest BCUT2D eigenvalue weighted by Gasteiger charge is 2.35. The number of aromatic nitrogens is 4. The van der Waals surface area contributed by atoms with Crippen LogP contribution in [0.3, 0.4) is 0 Å². The molecular formula is C23H22ClN7O3. The molecule has 0 saturated carbocycles. The van der Waals surface area contributed by atoms with Crippen molar-refractivity contribution in [2.45, 2.75) is 13.0 Å². The Balaban J connectivity index is 1.13. The summed E-state index contributed by atoms with van der Waals surface area (Å²) < 4.78 is 1.68. The van der Waals surface area contributed by atoms with E-state index in [0.29, 0.717) is 54.7 Å². The van der Waals surface area contributed by atoms with Crippen LogP contribution in [-0.4, -0.2) is 85.4 Å². The lowest BCUT2D eigenvalue weighted by Crippen LogP contribution is -2.49. The molecule has 3 aromatic rings. The first-order valence-electron chi connectivity index (χ1n) is 11.0. The van der Waals surface area contributed by atoms with E-state index in [1.807, 2.05) is 12.1 Å². The van der Waals surface area contributed by atoms with Crippen molar-refractivity contribution in [3.8, 4) is 5.69 Å². The molecule has 0 radical (unpaired) electrons. The molecule has 2 aliphatic rings. The number of carbonyl (C=O) groups is 3. The van der Waals surface area contributed by atoms with Crippen molar-refractivity contribution < 1.29 is 14.4 Å². The van der Waals surface area contributed by atoms with Gasteiger partial charge in [-0.1, -0.05) is 23.7 Å². The molecule has 5 rings (SSSR count). The Morgan fingerprint density at radius 3 is 2.21 bits per heavy atom. The molecule has 1 aromatic heterocycles. The summed E-state index contributed by atoms with van der Waals surface area (Å²) in [7, 11) is 0. The van der Waals surface area contributed by atoms with Crippen LogP contribution in [0.15, 0.2) is 48.5 Å². The number of rotatable bonds is 6. The molecule has 3 heterocycles. The van der Waals surface area contributed by atoms with Crippen LogP contribution in [-0.2, 0) is 11.3 Å². The van der Waals surface area contributed by atoms with E-state index < -0.39 is 0 Å². The van der Waals surface area contributed by atoms with E-state index in [4.69, 9.17) is 11.6 Å². The third kappa shape index (κ3) is 4.29. The summed E-state index contributed by atoms with van der Waals surface area (Å²) in [4.78, 5) is 42.8. The number of benzene rings is 2. The first-order valence-corrected chi connectivity index (χ1v) is 11.4. The van der Waals surface area contributed by atoms with Gasteiger partial charge in [0.25, 0.3) is 11.8 Å². The van der Waals surface area contributed by atoms with Gasteiger partial charge < -0.3 is 4.90 Å². The molecule has 1 saturated heterocycles. The van der Waals surface area contributed by atoms with Crippen molar-refractivity contribution in [3.63, 3.8) is 0 Å². The SMILES string of the molecule is O=C(CCN1C(=O)c2ccccc2C1=O)N1CCN(Cc2nnnn2-c2ccc(Cl)cc2)CC1. The molecule has 0 unspecified atom stereocenters. The molecule has 11 heteroatoms. The predicted octanol–water partition coefficient (Wildman–Crippen LogP) is 1.65. The normalized spacial score (nSPS) is 16.3. The van der Waals surface area contributed by atoms with E-state index in [-0.39, 0.29) is 30.7 Å². The number of tetrazole rings is 1. The van der Waals surface area contributed by atoms with Gasteiger partial charge in [0.2, 0.25) is 5.91 Å². The van der Waals surface area contributed by atoms with Crippen molar-refractivity contribution in [1.82, 2.24) is 34.9 Å². The number of amides is 3. The molecule has 34 heavy (non-hydrogen) atoms. The fraction of sp³-hybridized carbons (Fsp3) is 0.304. The molecular weight excluding hydrogens is 458 g/mol. The third-order valence-corrected chi connectivity index (χ3v) is 6.37. The van der Waals surface area contributed by atoms with Gasteiger partial charge in [0.15, 0.2) is 5.82 Å². The van der Waals surface area contributed by atoms with Crippen LogP contribution in [0.5, 0.6) is 0 Å². The minimum Gasteiger partial charge on any atom is -0.340 e. The Labute approximate surface area is 200 Å². The maximum absolute atomic E-state index is 12.7. The third-order valence-electron chi connectivity index (χ3n) is 6.12. The maximum Gasteiger partial charge on any atom is 0.261 e. The topological polar surface area (TPSA) is 105 Å². The van der Waals surface area contributed by atoms with E-state index in [1.165, 1.54) is 0 Å². The van der Waals surface area contributed by atoms with E-state index in [1.54, 1.807) is 46.0 Å².